The normalized spacial score (nSPS) is 28.3. The summed E-state index contributed by atoms with van der Waals surface area (Å²) >= 11 is 0. The molecule has 0 heterocycles. The highest BCUT2D eigenvalue weighted by Crippen LogP contribution is 2.52. The van der Waals surface area contributed by atoms with E-state index in [1.807, 2.05) is 6.92 Å². The number of ether oxygens (including phenoxy) is 1. The maximum Gasteiger partial charge on any atom is 0.384 e. The summed E-state index contributed by atoms with van der Waals surface area (Å²) in [6, 6.07) is 0.353. The predicted molar refractivity (Wildman–Crippen MR) is 148 cm³/mol. The van der Waals surface area contributed by atoms with Gasteiger partial charge in [-0.15, -0.1) is 0 Å². The average molecular weight is 582 g/mol. The van der Waals surface area contributed by atoms with Crippen LogP contribution in [0.2, 0.25) is 0 Å². The Hall–Kier alpha value is -4.08. The molecule has 2 fully saturated rings. The number of phenols is 1. The van der Waals surface area contributed by atoms with Gasteiger partial charge >= 0.3 is 5.97 Å². The number of carbonyl (C=O) groups excluding carboxylic acids is 6. The molecule has 42 heavy (non-hydrogen) atoms. The first-order valence-corrected chi connectivity index (χ1v) is 13.8. The summed E-state index contributed by atoms with van der Waals surface area (Å²) in [7, 11) is 6.49. The molecule has 0 radical (unpaired) electrons. The van der Waals surface area contributed by atoms with Crippen LogP contribution in [0.1, 0.15) is 47.7 Å². The van der Waals surface area contributed by atoms with Gasteiger partial charge < -0.3 is 25.6 Å². The lowest BCUT2D eigenvalue weighted by Gasteiger charge is -2.52. The first-order chi connectivity index (χ1) is 19.7. The highest BCUT2D eigenvalue weighted by Gasteiger charge is 2.69. The van der Waals surface area contributed by atoms with Gasteiger partial charge in [0.2, 0.25) is 5.91 Å². The minimum absolute atomic E-state index is 0.0441. The summed E-state index contributed by atoms with van der Waals surface area (Å²) in [5.74, 6) is -7.36. The number of primary amides is 1. The third-order valence-corrected chi connectivity index (χ3v) is 8.55. The van der Waals surface area contributed by atoms with Crippen molar-refractivity contribution in [2.45, 2.75) is 44.2 Å². The van der Waals surface area contributed by atoms with Gasteiger partial charge in [0.15, 0.2) is 34.7 Å². The number of benzene rings is 1. The van der Waals surface area contributed by atoms with E-state index in [9.17, 15) is 39.0 Å². The fourth-order valence-corrected chi connectivity index (χ4v) is 6.61. The van der Waals surface area contributed by atoms with Crippen LogP contribution < -0.4 is 10.6 Å². The van der Waals surface area contributed by atoms with E-state index in [1.54, 1.807) is 19.0 Å². The van der Waals surface area contributed by atoms with Gasteiger partial charge in [0.1, 0.15) is 5.75 Å². The number of unbranched alkanes of at least 4 members (excludes halogenated alkanes) is 1. The molecule has 6 atom stereocenters. The van der Waals surface area contributed by atoms with Gasteiger partial charge in [0.05, 0.1) is 29.7 Å². The van der Waals surface area contributed by atoms with Gasteiger partial charge in [-0.1, -0.05) is 19.3 Å². The highest BCUT2D eigenvalue weighted by atomic mass is 16.5. The van der Waals surface area contributed by atoms with Crippen LogP contribution in [0.25, 0.3) is 0 Å². The molecule has 0 aliphatic heterocycles. The molecule has 4 N–H and O–H groups in total. The number of anilines is 1. The molecule has 0 aromatic heterocycles. The molecule has 0 saturated heterocycles. The fraction of sp³-hybridized carbons (Fsp3) is 0.533. The van der Waals surface area contributed by atoms with Crippen molar-refractivity contribution >= 4 is 40.7 Å². The Morgan fingerprint density at radius 1 is 1.14 bits per heavy atom. The van der Waals surface area contributed by atoms with Gasteiger partial charge in [-0.05, 0) is 50.9 Å². The molecule has 1 amide bonds. The summed E-state index contributed by atoms with van der Waals surface area (Å²) in [6.45, 7) is 2.12. The van der Waals surface area contributed by atoms with E-state index in [1.165, 1.54) is 25.1 Å². The minimum atomic E-state index is -2.81. The van der Waals surface area contributed by atoms with Crippen molar-refractivity contribution < 1.29 is 43.7 Å². The SMILES string of the molecule is CCCCOC(=O)C#Cc1cc(N(C)C)c2c(c1O)C(=O)C1C(=O)C3(O)C(=O)C(C(N)=O)C(=O)C(N(C)C)C3CC1C2. The maximum atomic E-state index is 14.0. The molecule has 6 unspecified atom stereocenters. The molecular weight excluding hydrogens is 546 g/mol. The van der Waals surface area contributed by atoms with Gasteiger partial charge in [-0.25, -0.2) is 4.79 Å². The standard InChI is InChI=1S/C30H35N3O9/c1-6-7-10-42-19(34)9-8-14-13-18(32(2)3)16-11-15-12-17-23(33(4)5)26(37)22(29(31)40)28(39)30(17,41)27(38)20(15)25(36)21(16)24(14)35/h13,15,17,20,22-23,35,41H,6-7,10-12H2,1-5H3,(H2,31,40). The lowest BCUT2D eigenvalue weighted by atomic mass is 9.52. The van der Waals surface area contributed by atoms with Crippen molar-refractivity contribution in [1.29, 1.82) is 0 Å². The van der Waals surface area contributed by atoms with Crippen LogP contribution in [0.15, 0.2) is 6.07 Å². The first kappa shape index (κ1) is 30.9. The molecular formula is C30H35N3O9. The molecule has 0 bridgehead atoms. The van der Waals surface area contributed by atoms with Gasteiger partial charge in [-0.3, -0.25) is 28.9 Å². The van der Waals surface area contributed by atoms with E-state index >= 15 is 0 Å². The Labute approximate surface area is 243 Å². The Morgan fingerprint density at radius 3 is 2.38 bits per heavy atom. The lowest BCUT2D eigenvalue weighted by Crippen LogP contribution is -2.74. The summed E-state index contributed by atoms with van der Waals surface area (Å²) < 4.78 is 5.03. The summed E-state index contributed by atoms with van der Waals surface area (Å²) in [5.41, 5.74) is 3.25. The maximum absolute atomic E-state index is 14.0. The number of hydrogen-bond donors (Lipinski definition) is 3. The number of Topliss-reactive ketones (excluding diaryl/α,β-unsaturated/α-hetero) is 4. The first-order valence-electron chi connectivity index (χ1n) is 13.8. The molecule has 3 aliphatic carbocycles. The van der Waals surface area contributed by atoms with Gasteiger partial charge in [-0.2, -0.15) is 0 Å². The third kappa shape index (κ3) is 4.76. The Balaban J connectivity index is 1.83. The van der Waals surface area contributed by atoms with Crippen LogP contribution in [0.4, 0.5) is 5.69 Å². The number of esters is 1. The molecule has 224 valence electrons. The zero-order valence-corrected chi connectivity index (χ0v) is 24.2. The fourth-order valence-electron chi connectivity index (χ4n) is 6.61. The van der Waals surface area contributed by atoms with Gasteiger partial charge in [0, 0.05) is 31.6 Å². The number of fused-ring (bicyclic) bond motifs is 3. The molecule has 3 aliphatic rings. The van der Waals surface area contributed by atoms with E-state index in [2.05, 4.69) is 11.8 Å². The summed E-state index contributed by atoms with van der Waals surface area (Å²) in [4.78, 5) is 81.9. The van der Waals surface area contributed by atoms with Crippen molar-refractivity contribution in [3.8, 4) is 17.6 Å². The number of aliphatic hydroxyl groups is 1. The minimum Gasteiger partial charge on any atom is -0.506 e. The van der Waals surface area contributed by atoms with Crippen LogP contribution in [0.3, 0.4) is 0 Å². The van der Waals surface area contributed by atoms with E-state index in [4.69, 9.17) is 10.5 Å². The van der Waals surface area contributed by atoms with E-state index in [0.717, 1.165) is 6.42 Å². The third-order valence-electron chi connectivity index (χ3n) is 8.55. The number of aromatic hydroxyl groups is 1. The Bertz CT molecular complexity index is 1450. The average Bonchev–Trinajstić information content (AvgIpc) is 2.89. The topological polar surface area (TPSA) is 185 Å². The predicted octanol–water partition coefficient (Wildman–Crippen LogP) is -0.372. The summed E-state index contributed by atoms with van der Waals surface area (Å²) in [5, 5.41) is 22.9. The number of amides is 1. The van der Waals surface area contributed by atoms with Crippen LogP contribution in [-0.4, -0.2) is 96.6 Å². The second-order valence-electron chi connectivity index (χ2n) is 11.6. The molecule has 12 nitrogen and oxygen atoms in total. The van der Waals surface area contributed by atoms with Crippen molar-refractivity contribution in [3.05, 3.63) is 22.8 Å². The van der Waals surface area contributed by atoms with E-state index in [-0.39, 0.29) is 30.6 Å². The number of nitrogens with two attached hydrogens (primary N) is 1. The van der Waals surface area contributed by atoms with E-state index < -0.39 is 76.1 Å². The van der Waals surface area contributed by atoms with Crippen molar-refractivity contribution in [2.75, 3.05) is 39.7 Å². The van der Waals surface area contributed by atoms with Crippen LogP contribution in [0.5, 0.6) is 5.75 Å². The Kier molecular flexibility index (Phi) is 8.31. The van der Waals surface area contributed by atoms with Crippen molar-refractivity contribution in [2.24, 2.45) is 29.4 Å². The number of hydrogen-bond acceptors (Lipinski definition) is 11. The second kappa shape index (κ2) is 11.3. The molecule has 1 aromatic carbocycles. The number of carbonyl (C=O) groups is 6. The zero-order chi connectivity index (χ0) is 31.3. The largest absolute Gasteiger partial charge is 0.506 e. The molecule has 1 aromatic rings. The smallest absolute Gasteiger partial charge is 0.384 e. The molecule has 2 saturated carbocycles. The van der Waals surface area contributed by atoms with Crippen LogP contribution >= 0.6 is 0 Å². The van der Waals surface area contributed by atoms with Crippen molar-refractivity contribution in [1.82, 2.24) is 4.90 Å². The molecule has 0 spiro atoms. The summed E-state index contributed by atoms with van der Waals surface area (Å²) in [6.07, 6.45) is 1.54. The van der Waals surface area contributed by atoms with E-state index in [0.29, 0.717) is 17.7 Å². The van der Waals surface area contributed by atoms with Crippen LogP contribution in [0, 0.1) is 35.5 Å². The number of ketones is 4. The number of rotatable bonds is 6. The van der Waals surface area contributed by atoms with Crippen LogP contribution in [-0.2, 0) is 35.1 Å². The molecule has 12 heteroatoms. The second-order valence-corrected chi connectivity index (χ2v) is 11.6. The van der Waals surface area contributed by atoms with Crippen molar-refractivity contribution in [3.63, 3.8) is 0 Å². The number of nitrogens with zero attached hydrogens (tertiary/aromatic N) is 2. The number of likely N-dealkylation sites (N-methyl/N-ethyl adjacent to an activating group) is 1. The lowest BCUT2D eigenvalue weighted by molar-refractivity contribution is -0.181. The number of phenolic OH excluding ortho intramolecular Hbond substituents is 1. The Morgan fingerprint density at radius 2 is 1.81 bits per heavy atom. The monoisotopic (exact) mass is 581 g/mol. The van der Waals surface area contributed by atoms with Gasteiger partial charge in [0.25, 0.3) is 0 Å². The molecule has 4 rings (SSSR count). The highest BCUT2D eigenvalue weighted by molar-refractivity contribution is 6.32. The zero-order valence-electron chi connectivity index (χ0n) is 24.2. The quantitative estimate of drug-likeness (QED) is 0.172.